The lowest BCUT2D eigenvalue weighted by Crippen LogP contribution is -2.75. The molecule has 0 saturated carbocycles. The Kier molecular flexibility index (Phi) is 6.64. The minimum atomic E-state index is -4.00. The number of nitrogens with zero attached hydrogens (tertiary/aromatic N) is 1. The van der Waals surface area contributed by atoms with Gasteiger partial charge in [-0.3, -0.25) is 19.3 Å². The van der Waals surface area contributed by atoms with E-state index < -0.39 is 63.0 Å². The number of carbonyl (C=O) groups excluding carboxylic acids is 4. The fourth-order valence-electron chi connectivity index (χ4n) is 3.64. The van der Waals surface area contributed by atoms with E-state index in [1.54, 1.807) is 51.1 Å². The van der Waals surface area contributed by atoms with Crippen LogP contribution in [-0.2, 0) is 44.9 Å². The molecular formula is C22H26N2O8S. The van der Waals surface area contributed by atoms with E-state index >= 15 is 0 Å². The molecular weight excluding hydrogens is 452 g/mol. The summed E-state index contributed by atoms with van der Waals surface area (Å²) in [5.41, 5.74) is -0.551. The van der Waals surface area contributed by atoms with Gasteiger partial charge < -0.3 is 14.8 Å². The van der Waals surface area contributed by atoms with Crippen molar-refractivity contribution in [2.45, 2.75) is 51.1 Å². The Morgan fingerprint density at radius 3 is 2.36 bits per heavy atom. The van der Waals surface area contributed by atoms with Gasteiger partial charge in [0.1, 0.15) is 23.9 Å². The van der Waals surface area contributed by atoms with E-state index in [0.717, 1.165) is 11.8 Å². The van der Waals surface area contributed by atoms with Gasteiger partial charge in [-0.2, -0.15) is 0 Å². The van der Waals surface area contributed by atoms with Gasteiger partial charge in [-0.15, -0.1) is 0 Å². The van der Waals surface area contributed by atoms with Crippen molar-refractivity contribution < 1.29 is 37.1 Å². The number of hydrogen-bond acceptors (Lipinski definition) is 8. The number of nitrogens with one attached hydrogen (secondary N) is 1. The predicted octanol–water partition coefficient (Wildman–Crippen LogP) is 0.470. The SMILES string of the molecule is CC(=O)OCC1=C(C(=O)OC(C)(C)C)N2C(=O)[C@@H](NC(=O)Cc3ccccc3)[C@H]2S(=O)(=O)C1. The molecule has 2 atom stereocenters. The highest BCUT2D eigenvalue weighted by Crippen LogP contribution is 2.37. The molecule has 2 heterocycles. The van der Waals surface area contributed by atoms with Gasteiger partial charge in [-0.1, -0.05) is 30.3 Å². The highest BCUT2D eigenvalue weighted by atomic mass is 32.2. The van der Waals surface area contributed by atoms with Crippen molar-refractivity contribution in [2.75, 3.05) is 12.4 Å². The molecule has 178 valence electrons. The van der Waals surface area contributed by atoms with Crippen LogP contribution >= 0.6 is 0 Å². The van der Waals surface area contributed by atoms with Gasteiger partial charge in [-0.05, 0) is 26.3 Å². The van der Waals surface area contributed by atoms with E-state index in [4.69, 9.17) is 9.47 Å². The van der Waals surface area contributed by atoms with Crippen molar-refractivity contribution >= 4 is 33.6 Å². The number of benzene rings is 1. The maximum atomic E-state index is 13.0. The third-order valence-electron chi connectivity index (χ3n) is 4.93. The van der Waals surface area contributed by atoms with E-state index in [1.165, 1.54) is 0 Å². The van der Waals surface area contributed by atoms with Crippen LogP contribution in [-0.4, -0.2) is 66.4 Å². The second-order valence-corrected chi connectivity index (χ2v) is 10.9. The predicted molar refractivity (Wildman–Crippen MR) is 116 cm³/mol. The van der Waals surface area contributed by atoms with E-state index in [2.05, 4.69) is 5.32 Å². The summed E-state index contributed by atoms with van der Waals surface area (Å²) in [6, 6.07) is 7.44. The van der Waals surface area contributed by atoms with Crippen molar-refractivity contribution in [1.82, 2.24) is 10.2 Å². The molecule has 0 aliphatic carbocycles. The lowest BCUT2D eigenvalue weighted by atomic mass is 10.0. The number of β-lactam (4-membered cyclic amide) rings is 1. The first-order chi connectivity index (χ1) is 15.3. The second-order valence-electron chi connectivity index (χ2n) is 8.85. The molecule has 2 aliphatic heterocycles. The van der Waals surface area contributed by atoms with Gasteiger partial charge in [0.25, 0.3) is 5.91 Å². The first-order valence-electron chi connectivity index (χ1n) is 10.3. The van der Waals surface area contributed by atoms with Crippen LogP contribution in [0.15, 0.2) is 41.6 Å². The summed E-state index contributed by atoms with van der Waals surface area (Å²) in [6.07, 6.45) is -0.0378. The maximum absolute atomic E-state index is 13.0. The quantitative estimate of drug-likeness (QED) is 0.460. The molecule has 1 aromatic carbocycles. The minimum absolute atomic E-state index is 0.0378. The number of carbonyl (C=O) groups is 4. The highest BCUT2D eigenvalue weighted by molar-refractivity contribution is 7.92. The Labute approximate surface area is 191 Å². The Hall–Kier alpha value is -3.21. The van der Waals surface area contributed by atoms with Crippen molar-refractivity contribution in [3.8, 4) is 0 Å². The summed E-state index contributed by atoms with van der Waals surface area (Å²) < 4.78 is 36.2. The largest absolute Gasteiger partial charge is 0.461 e. The van der Waals surface area contributed by atoms with Crippen LogP contribution in [0.25, 0.3) is 0 Å². The Bertz CT molecular complexity index is 1120. The molecule has 0 unspecified atom stereocenters. The molecule has 0 spiro atoms. The zero-order valence-corrected chi connectivity index (χ0v) is 19.6. The zero-order chi connectivity index (χ0) is 24.6. The van der Waals surface area contributed by atoms with E-state index in [9.17, 15) is 27.6 Å². The molecule has 11 heteroatoms. The summed E-state index contributed by atoms with van der Waals surface area (Å²) >= 11 is 0. The Balaban J connectivity index is 1.89. The maximum Gasteiger partial charge on any atom is 0.355 e. The number of amides is 2. The number of fused-ring (bicyclic) bond motifs is 1. The molecule has 1 aromatic rings. The van der Waals surface area contributed by atoms with Gasteiger partial charge in [0, 0.05) is 12.5 Å². The van der Waals surface area contributed by atoms with Gasteiger partial charge >= 0.3 is 11.9 Å². The lowest BCUT2D eigenvalue weighted by molar-refractivity contribution is -0.159. The standard InChI is InChI=1S/C22H26N2O8S/c1-13(25)31-11-15-12-33(29,30)20-17(23-16(26)10-14-8-6-5-7-9-14)19(27)24(20)18(15)21(28)32-22(2,3)4/h5-9,17,20H,10-12H2,1-4H3,(H,23,26)/t17-,20-/m1/s1. The zero-order valence-electron chi connectivity index (χ0n) is 18.8. The molecule has 10 nitrogen and oxygen atoms in total. The first kappa shape index (κ1) is 24.4. The normalized spacial score (nSPS) is 21.6. The van der Waals surface area contributed by atoms with Crippen molar-refractivity contribution in [3.05, 3.63) is 47.2 Å². The van der Waals surface area contributed by atoms with Gasteiger partial charge in [0.2, 0.25) is 5.91 Å². The summed E-state index contributed by atoms with van der Waals surface area (Å²) in [5.74, 6) is -3.48. The van der Waals surface area contributed by atoms with Crippen LogP contribution in [0.1, 0.15) is 33.3 Å². The van der Waals surface area contributed by atoms with Crippen LogP contribution in [0.5, 0.6) is 0 Å². The van der Waals surface area contributed by atoms with E-state index in [1.807, 2.05) is 0 Å². The highest BCUT2D eigenvalue weighted by Gasteiger charge is 2.61. The third-order valence-corrected chi connectivity index (χ3v) is 6.90. The number of hydrogen-bond donors (Lipinski definition) is 1. The number of ether oxygens (including phenoxy) is 2. The summed E-state index contributed by atoms with van der Waals surface area (Å²) in [6.45, 7) is 5.53. The van der Waals surface area contributed by atoms with Gasteiger partial charge in [0.15, 0.2) is 15.2 Å². The molecule has 0 aromatic heterocycles. The van der Waals surface area contributed by atoms with Crippen LogP contribution in [0.2, 0.25) is 0 Å². The molecule has 0 radical (unpaired) electrons. The Morgan fingerprint density at radius 1 is 1.15 bits per heavy atom. The molecule has 1 saturated heterocycles. The van der Waals surface area contributed by atoms with Gasteiger partial charge in [-0.25, -0.2) is 13.2 Å². The molecule has 1 N–H and O–H groups in total. The minimum Gasteiger partial charge on any atom is -0.461 e. The molecule has 33 heavy (non-hydrogen) atoms. The van der Waals surface area contributed by atoms with Crippen molar-refractivity contribution in [2.24, 2.45) is 0 Å². The van der Waals surface area contributed by atoms with Crippen LogP contribution < -0.4 is 5.32 Å². The smallest absolute Gasteiger partial charge is 0.355 e. The van der Waals surface area contributed by atoms with E-state index in [0.29, 0.717) is 5.56 Å². The third kappa shape index (κ3) is 5.41. The fourth-order valence-corrected chi connectivity index (χ4v) is 5.65. The molecule has 0 bridgehead atoms. The average Bonchev–Trinajstić information content (AvgIpc) is 2.69. The molecule has 2 aliphatic rings. The summed E-state index contributed by atoms with van der Waals surface area (Å²) in [5, 5.41) is 1.02. The van der Waals surface area contributed by atoms with Crippen LogP contribution in [0.3, 0.4) is 0 Å². The fraction of sp³-hybridized carbons (Fsp3) is 0.455. The Morgan fingerprint density at radius 2 is 1.79 bits per heavy atom. The number of esters is 2. The first-order valence-corrected chi connectivity index (χ1v) is 12.0. The summed E-state index contributed by atoms with van der Waals surface area (Å²) in [4.78, 5) is 50.4. The molecule has 1 fully saturated rings. The average molecular weight is 479 g/mol. The molecule has 2 amide bonds. The molecule has 3 rings (SSSR count). The van der Waals surface area contributed by atoms with Crippen LogP contribution in [0, 0.1) is 0 Å². The second kappa shape index (κ2) is 8.97. The number of rotatable bonds is 6. The topological polar surface area (TPSA) is 136 Å². The number of sulfone groups is 1. The van der Waals surface area contributed by atoms with Crippen LogP contribution in [0.4, 0.5) is 0 Å². The monoisotopic (exact) mass is 478 g/mol. The lowest BCUT2D eigenvalue weighted by Gasteiger charge is -2.49. The summed E-state index contributed by atoms with van der Waals surface area (Å²) in [7, 11) is -4.00. The van der Waals surface area contributed by atoms with Crippen molar-refractivity contribution in [1.29, 1.82) is 0 Å². The van der Waals surface area contributed by atoms with E-state index in [-0.39, 0.29) is 17.7 Å². The van der Waals surface area contributed by atoms with Crippen molar-refractivity contribution in [3.63, 3.8) is 0 Å². The van der Waals surface area contributed by atoms with Gasteiger partial charge in [0.05, 0.1) is 12.2 Å².